The first kappa shape index (κ1) is 18.5. The molecule has 0 aliphatic rings. The zero-order chi connectivity index (χ0) is 14.2. The Kier molecular flexibility index (Phi) is 15.1. The molecule has 0 aromatic carbocycles. The van der Waals surface area contributed by atoms with Gasteiger partial charge in [-0.3, -0.25) is 0 Å². The van der Waals surface area contributed by atoms with E-state index in [0.717, 1.165) is 5.92 Å². The second-order valence-corrected chi connectivity index (χ2v) is 5.96. The number of allylic oxidation sites excluding steroid dienone is 3. The third-order valence-corrected chi connectivity index (χ3v) is 3.89. The molecular formula is C19H36. The molecule has 0 aromatic heterocycles. The molecule has 0 aromatic rings. The molecule has 0 bridgehead atoms. The molecule has 1 unspecified atom stereocenters. The molecule has 0 saturated heterocycles. The highest BCUT2D eigenvalue weighted by molar-refractivity contribution is 4.96. The molecule has 0 saturated carbocycles. The Balaban J connectivity index is 3.10. The lowest BCUT2D eigenvalue weighted by atomic mass is 9.97. The number of rotatable bonds is 14. The minimum atomic E-state index is 0.955. The first-order chi connectivity index (χ1) is 9.31. The van der Waals surface area contributed by atoms with E-state index in [-0.39, 0.29) is 0 Å². The van der Waals surface area contributed by atoms with Gasteiger partial charge in [0.1, 0.15) is 0 Å². The highest BCUT2D eigenvalue weighted by Gasteiger charge is 2.00. The Bertz CT molecular complexity index is 202. The summed E-state index contributed by atoms with van der Waals surface area (Å²) in [6.07, 6.45) is 23.0. The summed E-state index contributed by atoms with van der Waals surface area (Å²) in [5.41, 5.74) is 0. The summed E-state index contributed by atoms with van der Waals surface area (Å²) in [6.45, 7) is 8.39. The van der Waals surface area contributed by atoms with Crippen LogP contribution < -0.4 is 0 Å². The molecule has 0 rings (SSSR count). The van der Waals surface area contributed by atoms with Gasteiger partial charge in [-0.2, -0.15) is 0 Å². The van der Waals surface area contributed by atoms with Crippen LogP contribution in [-0.4, -0.2) is 0 Å². The van der Waals surface area contributed by atoms with Gasteiger partial charge in [0.05, 0.1) is 0 Å². The van der Waals surface area contributed by atoms with E-state index in [2.05, 4.69) is 32.6 Å². The average molecular weight is 264 g/mol. The fourth-order valence-corrected chi connectivity index (χ4v) is 2.53. The van der Waals surface area contributed by atoms with Crippen molar-refractivity contribution < 1.29 is 0 Å². The summed E-state index contributed by atoms with van der Waals surface area (Å²) in [7, 11) is 0. The van der Waals surface area contributed by atoms with Gasteiger partial charge in [0.15, 0.2) is 0 Å². The average Bonchev–Trinajstić information content (AvgIpc) is 2.42. The monoisotopic (exact) mass is 264 g/mol. The Labute approximate surface area is 122 Å². The summed E-state index contributed by atoms with van der Waals surface area (Å²) in [5, 5.41) is 0. The van der Waals surface area contributed by atoms with E-state index in [1.165, 1.54) is 77.0 Å². The van der Waals surface area contributed by atoms with Crippen LogP contribution in [0.1, 0.15) is 90.9 Å². The van der Waals surface area contributed by atoms with Crippen LogP contribution in [0.25, 0.3) is 0 Å². The smallest absolute Gasteiger partial charge is 0.0348 e. The lowest BCUT2D eigenvalue weighted by Gasteiger charge is -2.10. The van der Waals surface area contributed by atoms with E-state index in [1.54, 1.807) is 0 Å². The maximum absolute atomic E-state index is 3.68. The van der Waals surface area contributed by atoms with E-state index in [1.807, 2.05) is 6.08 Å². The molecule has 0 nitrogen and oxygen atoms in total. The van der Waals surface area contributed by atoms with Crippen molar-refractivity contribution in [3.63, 3.8) is 0 Å². The van der Waals surface area contributed by atoms with Crippen molar-refractivity contribution >= 4 is 0 Å². The van der Waals surface area contributed by atoms with Gasteiger partial charge in [-0.05, 0) is 18.8 Å². The third-order valence-electron chi connectivity index (χ3n) is 3.89. The molecule has 0 spiro atoms. The second kappa shape index (κ2) is 15.5. The molecule has 0 amide bonds. The molecular weight excluding hydrogens is 228 g/mol. The van der Waals surface area contributed by atoms with E-state index in [0.29, 0.717) is 0 Å². The fraction of sp³-hybridized carbons (Fsp3) is 0.789. The fourth-order valence-electron chi connectivity index (χ4n) is 2.53. The van der Waals surface area contributed by atoms with Crippen molar-refractivity contribution in [2.45, 2.75) is 90.9 Å². The van der Waals surface area contributed by atoms with E-state index < -0.39 is 0 Å². The number of hydrogen-bond donors (Lipinski definition) is 0. The van der Waals surface area contributed by atoms with Crippen LogP contribution >= 0.6 is 0 Å². The van der Waals surface area contributed by atoms with Crippen molar-refractivity contribution in [2.75, 3.05) is 0 Å². The maximum atomic E-state index is 3.68. The first-order valence-electron chi connectivity index (χ1n) is 8.58. The summed E-state index contributed by atoms with van der Waals surface area (Å²) >= 11 is 0. The Morgan fingerprint density at radius 3 is 2.05 bits per heavy atom. The van der Waals surface area contributed by atoms with E-state index >= 15 is 0 Å². The minimum absolute atomic E-state index is 0.955. The van der Waals surface area contributed by atoms with Gasteiger partial charge in [0, 0.05) is 0 Å². The van der Waals surface area contributed by atoms with Crippen molar-refractivity contribution in [1.82, 2.24) is 0 Å². The van der Waals surface area contributed by atoms with Crippen LogP contribution in [-0.2, 0) is 0 Å². The number of hydrogen-bond acceptors (Lipinski definition) is 0. The highest BCUT2D eigenvalue weighted by Crippen LogP contribution is 2.17. The molecule has 1 atom stereocenters. The lowest BCUT2D eigenvalue weighted by Crippen LogP contribution is -1.94. The molecule has 0 N–H and O–H groups in total. The van der Waals surface area contributed by atoms with Gasteiger partial charge in [-0.25, -0.2) is 0 Å². The van der Waals surface area contributed by atoms with Crippen LogP contribution in [0.15, 0.2) is 24.8 Å². The lowest BCUT2D eigenvalue weighted by molar-refractivity contribution is 0.441. The van der Waals surface area contributed by atoms with Crippen LogP contribution in [0, 0.1) is 5.92 Å². The summed E-state index contributed by atoms with van der Waals surface area (Å²) < 4.78 is 0. The molecule has 0 heterocycles. The molecule has 0 fully saturated rings. The van der Waals surface area contributed by atoms with Crippen LogP contribution in [0.4, 0.5) is 0 Å². The summed E-state index contributed by atoms with van der Waals surface area (Å²) in [4.78, 5) is 0. The largest absolute Gasteiger partial charge is 0.0991 e. The van der Waals surface area contributed by atoms with Gasteiger partial charge in [-0.1, -0.05) is 103 Å². The first-order valence-corrected chi connectivity index (χ1v) is 8.58. The number of unbranched alkanes of at least 4 members (excludes halogenated alkanes) is 8. The summed E-state index contributed by atoms with van der Waals surface area (Å²) in [5.74, 6) is 0.955. The van der Waals surface area contributed by atoms with E-state index in [4.69, 9.17) is 0 Å². The quantitative estimate of drug-likeness (QED) is 0.232. The zero-order valence-electron chi connectivity index (χ0n) is 13.5. The van der Waals surface area contributed by atoms with Gasteiger partial charge in [0.25, 0.3) is 0 Å². The van der Waals surface area contributed by atoms with Gasteiger partial charge in [-0.15, -0.1) is 0 Å². The van der Waals surface area contributed by atoms with Crippen molar-refractivity contribution in [3.8, 4) is 0 Å². The topological polar surface area (TPSA) is 0 Å². The predicted molar refractivity (Wildman–Crippen MR) is 89.6 cm³/mol. The Morgan fingerprint density at radius 1 is 0.842 bits per heavy atom. The molecule has 19 heavy (non-hydrogen) atoms. The Morgan fingerprint density at radius 2 is 1.42 bits per heavy atom. The standard InChI is InChI=1S/C19H36/c1-4-6-8-9-10-11-12-13-14-15-16-18-19(3)17-7-5-2/h4,6,8,19H,1,5,7,9-18H2,2-3H3. The SMILES string of the molecule is C=CC=CCCCCCCCCCC(C)CCCC. The third kappa shape index (κ3) is 15.4. The van der Waals surface area contributed by atoms with Crippen molar-refractivity contribution in [3.05, 3.63) is 24.8 Å². The van der Waals surface area contributed by atoms with E-state index in [9.17, 15) is 0 Å². The maximum Gasteiger partial charge on any atom is -0.0348 e. The van der Waals surface area contributed by atoms with Crippen molar-refractivity contribution in [1.29, 1.82) is 0 Å². The molecule has 0 aliphatic carbocycles. The normalized spacial score (nSPS) is 12.9. The van der Waals surface area contributed by atoms with Crippen LogP contribution in [0.5, 0.6) is 0 Å². The molecule has 112 valence electrons. The van der Waals surface area contributed by atoms with Gasteiger partial charge in [0.2, 0.25) is 0 Å². The molecule has 0 aliphatic heterocycles. The van der Waals surface area contributed by atoms with Crippen molar-refractivity contribution in [2.24, 2.45) is 5.92 Å². The molecule has 0 radical (unpaired) electrons. The summed E-state index contributed by atoms with van der Waals surface area (Å²) in [6, 6.07) is 0. The minimum Gasteiger partial charge on any atom is -0.0991 e. The van der Waals surface area contributed by atoms with Crippen LogP contribution in [0.2, 0.25) is 0 Å². The van der Waals surface area contributed by atoms with Gasteiger partial charge >= 0.3 is 0 Å². The van der Waals surface area contributed by atoms with Crippen LogP contribution in [0.3, 0.4) is 0 Å². The second-order valence-electron chi connectivity index (χ2n) is 5.96. The Hall–Kier alpha value is -0.520. The predicted octanol–water partition coefficient (Wildman–Crippen LogP) is 7.07. The van der Waals surface area contributed by atoms with Gasteiger partial charge < -0.3 is 0 Å². The molecule has 0 heteroatoms. The zero-order valence-corrected chi connectivity index (χ0v) is 13.5. The highest BCUT2D eigenvalue weighted by atomic mass is 14.1.